The molecule has 8 nitrogen and oxygen atoms in total. The first-order chi connectivity index (χ1) is 16.2. The molecule has 2 aliphatic rings. The Morgan fingerprint density at radius 3 is 2.73 bits per heavy atom. The van der Waals surface area contributed by atoms with Gasteiger partial charge >= 0.3 is 0 Å². The molecule has 0 bridgehead atoms. The highest BCUT2D eigenvalue weighted by atomic mass is 19.1. The quantitative estimate of drug-likeness (QED) is 0.455. The zero-order valence-corrected chi connectivity index (χ0v) is 18.6. The second-order valence-electron chi connectivity index (χ2n) is 9.01. The third kappa shape index (κ3) is 3.56. The van der Waals surface area contributed by atoms with Crippen molar-refractivity contribution in [1.82, 2.24) is 29.8 Å². The minimum absolute atomic E-state index is 0.227. The number of halogens is 1. The second kappa shape index (κ2) is 8.22. The van der Waals surface area contributed by atoms with Crippen LogP contribution in [0.15, 0.2) is 36.8 Å². The van der Waals surface area contributed by atoms with Gasteiger partial charge < -0.3 is 20.1 Å². The van der Waals surface area contributed by atoms with E-state index in [9.17, 15) is 4.39 Å². The fraction of sp³-hybridized carbons (Fsp3) is 0.417. The molecule has 1 atom stereocenters. The van der Waals surface area contributed by atoms with Crippen LogP contribution in [0.4, 0.5) is 21.8 Å². The van der Waals surface area contributed by atoms with Crippen molar-refractivity contribution in [2.75, 3.05) is 29.9 Å². The van der Waals surface area contributed by atoms with E-state index in [1.165, 1.54) is 6.20 Å². The van der Waals surface area contributed by atoms with Gasteiger partial charge in [0.1, 0.15) is 17.0 Å². The van der Waals surface area contributed by atoms with Crippen LogP contribution in [0.1, 0.15) is 38.6 Å². The van der Waals surface area contributed by atoms with Gasteiger partial charge in [-0.05, 0) is 38.0 Å². The molecule has 0 radical (unpaired) electrons. The Morgan fingerprint density at radius 2 is 1.94 bits per heavy atom. The maximum absolute atomic E-state index is 14.8. The molecule has 1 saturated carbocycles. The lowest BCUT2D eigenvalue weighted by atomic mass is 10.2. The summed E-state index contributed by atoms with van der Waals surface area (Å²) in [6.07, 6.45) is 9.50. The summed E-state index contributed by atoms with van der Waals surface area (Å²) in [4.78, 5) is 20.2. The summed E-state index contributed by atoms with van der Waals surface area (Å²) in [5, 5.41) is 8.29. The average molecular weight is 447 g/mol. The van der Waals surface area contributed by atoms with Gasteiger partial charge in [-0.1, -0.05) is 12.8 Å². The van der Waals surface area contributed by atoms with E-state index >= 15 is 0 Å². The van der Waals surface area contributed by atoms with Gasteiger partial charge in [0.2, 0.25) is 11.9 Å². The second-order valence-corrected chi connectivity index (χ2v) is 9.01. The van der Waals surface area contributed by atoms with Crippen LogP contribution < -0.4 is 15.5 Å². The summed E-state index contributed by atoms with van der Waals surface area (Å²) >= 11 is 0. The van der Waals surface area contributed by atoms with E-state index in [0.717, 1.165) is 67.4 Å². The van der Waals surface area contributed by atoms with E-state index in [4.69, 9.17) is 4.98 Å². The van der Waals surface area contributed by atoms with Crippen molar-refractivity contribution in [2.24, 2.45) is 0 Å². The molecular formula is C24H27FN8. The highest BCUT2D eigenvalue weighted by molar-refractivity contribution is 6.06. The maximum atomic E-state index is 14.8. The smallest absolute Gasteiger partial charge is 0.237 e. The molecule has 0 aromatic carbocycles. The highest BCUT2D eigenvalue weighted by Crippen LogP contribution is 2.38. The third-order valence-corrected chi connectivity index (χ3v) is 6.92. The van der Waals surface area contributed by atoms with E-state index in [1.807, 2.05) is 22.9 Å². The van der Waals surface area contributed by atoms with Crippen LogP contribution in [0.2, 0.25) is 0 Å². The molecule has 9 heteroatoms. The Bertz CT molecular complexity index is 1300. The van der Waals surface area contributed by atoms with E-state index in [0.29, 0.717) is 23.3 Å². The minimum Gasteiger partial charge on any atom is -0.365 e. The van der Waals surface area contributed by atoms with Crippen LogP contribution in [0.5, 0.6) is 0 Å². The molecule has 1 saturated heterocycles. The molecule has 0 spiro atoms. The van der Waals surface area contributed by atoms with Crippen LogP contribution in [-0.2, 0) is 0 Å². The van der Waals surface area contributed by atoms with Crippen molar-refractivity contribution in [3.63, 3.8) is 0 Å². The van der Waals surface area contributed by atoms with Crippen molar-refractivity contribution in [2.45, 2.75) is 44.7 Å². The largest absolute Gasteiger partial charge is 0.365 e. The Morgan fingerprint density at radius 1 is 1.06 bits per heavy atom. The molecular weight excluding hydrogens is 419 g/mol. The van der Waals surface area contributed by atoms with Gasteiger partial charge in [-0.15, -0.1) is 0 Å². The van der Waals surface area contributed by atoms with E-state index in [2.05, 4.69) is 43.5 Å². The van der Waals surface area contributed by atoms with Crippen LogP contribution in [-0.4, -0.2) is 50.2 Å². The van der Waals surface area contributed by atoms with Gasteiger partial charge in [-0.2, -0.15) is 9.37 Å². The van der Waals surface area contributed by atoms with E-state index in [-0.39, 0.29) is 6.04 Å². The maximum Gasteiger partial charge on any atom is 0.237 e. The lowest BCUT2D eigenvalue weighted by molar-refractivity contribution is 0.500. The Balaban J connectivity index is 1.35. The van der Waals surface area contributed by atoms with Gasteiger partial charge in [-0.3, -0.25) is 0 Å². The standard InChI is InChI=1S/C24H27FN8/c1-15-12-26-10-11-32(15)17-6-7-20(28-13-17)30-24-29-14-19-18-8-9-27-22(25)21(18)33(23(19)31-24)16-4-2-3-5-16/h6-9,13-16,26H,2-5,10-12H2,1H3,(H,28,29,30,31)/t15-/m1/s1. The Labute approximate surface area is 191 Å². The lowest BCUT2D eigenvalue weighted by Gasteiger charge is -2.35. The monoisotopic (exact) mass is 446 g/mol. The summed E-state index contributed by atoms with van der Waals surface area (Å²) in [5.41, 5.74) is 2.38. The molecule has 170 valence electrons. The molecule has 2 fully saturated rings. The van der Waals surface area contributed by atoms with Gasteiger partial charge in [-0.25, -0.2) is 15.0 Å². The molecule has 1 aliphatic heterocycles. The first-order valence-electron chi connectivity index (χ1n) is 11.7. The van der Waals surface area contributed by atoms with Crippen LogP contribution >= 0.6 is 0 Å². The normalized spacial score (nSPS) is 19.6. The molecule has 4 aromatic rings. The topological polar surface area (TPSA) is 83.8 Å². The van der Waals surface area contributed by atoms with Gasteiger partial charge in [0, 0.05) is 54.9 Å². The number of pyridine rings is 2. The predicted molar refractivity (Wildman–Crippen MR) is 127 cm³/mol. The number of anilines is 3. The number of aromatic nitrogens is 5. The van der Waals surface area contributed by atoms with Crippen LogP contribution in [0.25, 0.3) is 21.9 Å². The van der Waals surface area contributed by atoms with Crippen molar-refractivity contribution >= 4 is 39.4 Å². The Kier molecular flexibility index (Phi) is 5.05. The first-order valence-corrected chi connectivity index (χ1v) is 11.7. The number of nitrogens with one attached hydrogen (secondary N) is 2. The summed E-state index contributed by atoms with van der Waals surface area (Å²) in [7, 11) is 0. The van der Waals surface area contributed by atoms with E-state index in [1.54, 1.807) is 6.20 Å². The molecule has 0 unspecified atom stereocenters. The molecule has 2 N–H and O–H groups in total. The summed E-state index contributed by atoms with van der Waals surface area (Å²) in [6, 6.07) is 6.53. The average Bonchev–Trinajstić information content (AvgIpc) is 3.47. The molecule has 5 heterocycles. The highest BCUT2D eigenvalue weighted by Gasteiger charge is 2.25. The number of hydrogen-bond donors (Lipinski definition) is 2. The molecule has 1 aliphatic carbocycles. The van der Waals surface area contributed by atoms with Crippen molar-refractivity contribution in [1.29, 1.82) is 0 Å². The zero-order valence-electron chi connectivity index (χ0n) is 18.6. The fourth-order valence-electron chi connectivity index (χ4n) is 5.27. The van der Waals surface area contributed by atoms with Crippen molar-refractivity contribution in [3.8, 4) is 0 Å². The number of nitrogens with zero attached hydrogens (tertiary/aromatic N) is 6. The van der Waals surface area contributed by atoms with Gasteiger partial charge in [0.25, 0.3) is 0 Å². The first kappa shape index (κ1) is 20.3. The van der Waals surface area contributed by atoms with E-state index < -0.39 is 5.95 Å². The number of fused-ring (bicyclic) bond motifs is 3. The SMILES string of the molecule is C[C@@H]1CNCCN1c1ccc(Nc2ncc3c4ccnc(F)c4n(C4CCCC4)c3n2)nc1. The summed E-state index contributed by atoms with van der Waals surface area (Å²) in [6.45, 7) is 5.12. The number of rotatable bonds is 4. The fourth-order valence-corrected chi connectivity index (χ4v) is 5.27. The zero-order chi connectivity index (χ0) is 22.4. The molecule has 33 heavy (non-hydrogen) atoms. The number of piperazine rings is 1. The minimum atomic E-state index is -0.452. The van der Waals surface area contributed by atoms with Crippen molar-refractivity contribution in [3.05, 3.63) is 42.7 Å². The summed E-state index contributed by atoms with van der Waals surface area (Å²) in [5.74, 6) is 0.678. The summed E-state index contributed by atoms with van der Waals surface area (Å²) < 4.78 is 16.8. The molecule has 6 rings (SSSR count). The molecule has 4 aromatic heterocycles. The van der Waals surface area contributed by atoms with Gasteiger partial charge in [0.05, 0.1) is 11.9 Å². The third-order valence-electron chi connectivity index (χ3n) is 6.92. The predicted octanol–water partition coefficient (Wildman–Crippen LogP) is 4.17. The number of hydrogen-bond acceptors (Lipinski definition) is 7. The van der Waals surface area contributed by atoms with Gasteiger partial charge in [0.15, 0.2) is 0 Å². The van der Waals surface area contributed by atoms with Crippen LogP contribution in [0.3, 0.4) is 0 Å². The van der Waals surface area contributed by atoms with Crippen LogP contribution in [0, 0.1) is 5.95 Å². The molecule has 0 amide bonds. The lowest BCUT2D eigenvalue weighted by Crippen LogP contribution is -2.49. The van der Waals surface area contributed by atoms with Crippen molar-refractivity contribution < 1.29 is 4.39 Å². The Hall–Kier alpha value is -3.33.